The van der Waals surface area contributed by atoms with Crippen molar-refractivity contribution < 1.29 is 4.79 Å². The van der Waals surface area contributed by atoms with Gasteiger partial charge in [0.25, 0.3) is 0 Å². The lowest BCUT2D eigenvalue weighted by molar-refractivity contribution is -0.112. The zero-order valence-electron chi connectivity index (χ0n) is 7.79. The highest BCUT2D eigenvalue weighted by atomic mass is 16.1. The van der Waals surface area contributed by atoms with E-state index in [-0.39, 0.29) is 5.78 Å². The summed E-state index contributed by atoms with van der Waals surface area (Å²) in [7, 11) is 0. The van der Waals surface area contributed by atoms with Crippen molar-refractivity contribution in [3.8, 4) is 0 Å². The monoisotopic (exact) mass is 164 g/mol. The lowest BCUT2D eigenvalue weighted by atomic mass is 10.2. The highest BCUT2D eigenvalue weighted by Crippen LogP contribution is 1.92. The molecule has 0 aromatic rings. The number of carbonyl (C=O) groups is 1. The second kappa shape index (κ2) is 7.99. The van der Waals surface area contributed by atoms with Crippen molar-refractivity contribution in [2.45, 2.75) is 26.7 Å². The van der Waals surface area contributed by atoms with E-state index in [9.17, 15) is 4.79 Å². The second-order valence-electron chi connectivity index (χ2n) is 2.54. The molecular formula is C11H16O. The van der Waals surface area contributed by atoms with Crippen LogP contribution in [0.4, 0.5) is 0 Å². The summed E-state index contributed by atoms with van der Waals surface area (Å²) < 4.78 is 0. The molecule has 0 rings (SSSR count). The van der Waals surface area contributed by atoms with Gasteiger partial charge in [-0.25, -0.2) is 0 Å². The Balaban J connectivity index is 3.43. The fourth-order valence-corrected chi connectivity index (χ4v) is 0.725. The van der Waals surface area contributed by atoms with Crippen LogP contribution >= 0.6 is 0 Å². The van der Waals surface area contributed by atoms with Gasteiger partial charge in [-0.1, -0.05) is 30.4 Å². The third kappa shape index (κ3) is 8.89. The molecule has 0 aliphatic carbocycles. The molecule has 0 aromatic carbocycles. The number of allylic oxidation sites excluding steroid dienone is 6. The maximum Gasteiger partial charge on any atom is 0.152 e. The van der Waals surface area contributed by atoms with Gasteiger partial charge in [-0.05, 0) is 32.8 Å². The van der Waals surface area contributed by atoms with Crippen LogP contribution in [0.25, 0.3) is 0 Å². The minimum atomic E-state index is 0.0908. The van der Waals surface area contributed by atoms with E-state index in [1.165, 1.54) is 0 Å². The van der Waals surface area contributed by atoms with Crippen LogP contribution in [0.2, 0.25) is 0 Å². The lowest BCUT2D eigenvalue weighted by Gasteiger charge is -1.83. The van der Waals surface area contributed by atoms with Gasteiger partial charge in [0.15, 0.2) is 5.78 Å². The average Bonchev–Trinajstić information content (AvgIpc) is 2.02. The molecule has 1 nitrogen and oxygen atoms in total. The topological polar surface area (TPSA) is 17.1 Å². The molecule has 0 aliphatic rings. The van der Waals surface area contributed by atoms with E-state index >= 15 is 0 Å². The Morgan fingerprint density at radius 2 is 1.83 bits per heavy atom. The van der Waals surface area contributed by atoms with E-state index < -0.39 is 0 Å². The molecule has 0 amide bonds. The molecule has 1 heteroatoms. The molecule has 0 unspecified atom stereocenters. The molecule has 0 aliphatic heterocycles. The van der Waals surface area contributed by atoms with Crippen molar-refractivity contribution in [3.63, 3.8) is 0 Å². The van der Waals surface area contributed by atoms with Gasteiger partial charge in [0.2, 0.25) is 0 Å². The van der Waals surface area contributed by atoms with Gasteiger partial charge in [-0.3, -0.25) is 4.79 Å². The standard InChI is InChI=1S/C11H16O/c1-3-4-5-6-7-8-9-10-11(2)12/h3-4,7-10H,5-6H2,1-2H3/b4-3-,8-7+,10-9+. The van der Waals surface area contributed by atoms with Gasteiger partial charge in [0, 0.05) is 0 Å². The summed E-state index contributed by atoms with van der Waals surface area (Å²) >= 11 is 0. The molecule has 0 bridgehead atoms. The van der Waals surface area contributed by atoms with Crippen LogP contribution < -0.4 is 0 Å². The number of hydrogen-bond acceptors (Lipinski definition) is 1. The summed E-state index contributed by atoms with van der Waals surface area (Å²) in [4.78, 5) is 10.4. The molecular weight excluding hydrogens is 148 g/mol. The van der Waals surface area contributed by atoms with Gasteiger partial charge in [0.1, 0.15) is 0 Å². The number of rotatable bonds is 5. The number of hydrogen-bond donors (Lipinski definition) is 0. The molecule has 66 valence electrons. The van der Waals surface area contributed by atoms with E-state index in [2.05, 4.69) is 12.2 Å². The normalized spacial score (nSPS) is 12.2. The van der Waals surface area contributed by atoms with E-state index in [0.717, 1.165) is 12.8 Å². The highest BCUT2D eigenvalue weighted by molar-refractivity contribution is 5.87. The van der Waals surface area contributed by atoms with E-state index in [4.69, 9.17) is 0 Å². The molecule has 0 aromatic heterocycles. The van der Waals surface area contributed by atoms with Crippen LogP contribution in [0, 0.1) is 0 Å². The summed E-state index contributed by atoms with van der Waals surface area (Å²) in [6.45, 7) is 3.56. The maximum atomic E-state index is 10.4. The molecule has 0 spiro atoms. The third-order valence-corrected chi connectivity index (χ3v) is 1.31. The first-order valence-electron chi connectivity index (χ1n) is 4.22. The molecule has 0 N–H and O–H groups in total. The smallest absolute Gasteiger partial charge is 0.152 e. The van der Waals surface area contributed by atoms with Crippen LogP contribution in [0.15, 0.2) is 36.5 Å². The zero-order chi connectivity index (χ0) is 9.23. The summed E-state index contributed by atoms with van der Waals surface area (Å²) in [6, 6.07) is 0. The fourth-order valence-electron chi connectivity index (χ4n) is 0.725. The largest absolute Gasteiger partial charge is 0.295 e. The van der Waals surface area contributed by atoms with Crippen molar-refractivity contribution in [3.05, 3.63) is 36.5 Å². The second-order valence-corrected chi connectivity index (χ2v) is 2.54. The van der Waals surface area contributed by atoms with Crippen molar-refractivity contribution in [2.75, 3.05) is 0 Å². The summed E-state index contributed by atoms with van der Waals surface area (Å²) in [5, 5.41) is 0. The Kier molecular flexibility index (Phi) is 7.25. The number of ketones is 1. The van der Waals surface area contributed by atoms with Crippen molar-refractivity contribution in [2.24, 2.45) is 0 Å². The molecule has 0 heterocycles. The van der Waals surface area contributed by atoms with Crippen LogP contribution in [-0.2, 0) is 4.79 Å². The van der Waals surface area contributed by atoms with Gasteiger partial charge >= 0.3 is 0 Å². The summed E-state index contributed by atoms with van der Waals surface area (Å²) in [5.74, 6) is 0.0908. The first-order chi connectivity index (χ1) is 5.77. The molecule has 0 radical (unpaired) electrons. The molecule has 12 heavy (non-hydrogen) atoms. The molecule has 0 saturated heterocycles. The Bertz CT molecular complexity index is 197. The highest BCUT2D eigenvalue weighted by Gasteiger charge is 1.77. The van der Waals surface area contributed by atoms with E-state index in [1.54, 1.807) is 19.1 Å². The predicted molar refractivity (Wildman–Crippen MR) is 53.0 cm³/mol. The van der Waals surface area contributed by atoms with Crippen molar-refractivity contribution in [1.82, 2.24) is 0 Å². The minimum absolute atomic E-state index is 0.0908. The van der Waals surface area contributed by atoms with Crippen molar-refractivity contribution in [1.29, 1.82) is 0 Å². The summed E-state index contributed by atoms with van der Waals surface area (Å²) in [6.07, 6.45) is 13.6. The van der Waals surface area contributed by atoms with Gasteiger partial charge in [-0.15, -0.1) is 0 Å². The van der Waals surface area contributed by atoms with Crippen LogP contribution in [0.5, 0.6) is 0 Å². The first kappa shape index (κ1) is 10.9. The Labute approximate surface area is 74.5 Å². The van der Waals surface area contributed by atoms with Crippen molar-refractivity contribution >= 4 is 5.78 Å². The lowest BCUT2D eigenvalue weighted by Crippen LogP contribution is -1.77. The van der Waals surface area contributed by atoms with Gasteiger partial charge in [0.05, 0.1) is 0 Å². The molecule has 0 fully saturated rings. The maximum absolute atomic E-state index is 10.4. The number of unbranched alkanes of at least 4 members (excludes halogenated alkanes) is 1. The summed E-state index contributed by atoms with van der Waals surface area (Å²) in [5.41, 5.74) is 0. The first-order valence-corrected chi connectivity index (χ1v) is 4.22. The SMILES string of the molecule is C/C=C\CC/C=C/C=C/C(C)=O. The Morgan fingerprint density at radius 3 is 2.42 bits per heavy atom. The van der Waals surface area contributed by atoms with Crippen LogP contribution in [-0.4, -0.2) is 5.78 Å². The van der Waals surface area contributed by atoms with Crippen LogP contribution in [0.3, 0.4) is 0 Å². The minimum Gasteiger partial charge on any atom is -0.295 e. The van der Waals surface area contributed by atoms with E-state index in [0.29, 0.717) is 0 Å². The average molecular weight is 164 g/mol. The fraction of sp³-hybridized carbons (Fsp3) is 0.364. The Morgan fingerprint density at radius 1 is 1.17 bits per heavy atom. The van der Waals surface area contributed by atoms with Gasteiger partial charge < -0.3 is 0 Å². The van der Waals surface area contributed by atoms with Crippen LogP contribution in [0.1, 0.15) is 26.7 Å². The number of carbonyl (C=O) groups excluding carboxylic acids is 1. The Hall–Kier alpha value is -1.11. The quantitative estimate of drug-likeness (QED) is 0.264. The van der Waals surface area contributed by atoms with E-state index in [1.807, 2.05) is 19.1 Å². The third-order valence-electron chi connectivity index (χ3n) is 1.31. The van der Waals surface area contributed by atoms with Gasteiger partial charge in [-0.2, -0.15) is 0 Å². The molecule has 0 saturated carbocycles. The zero-order valence-corrected chi connectivity index (χ0v) is 7.79. The predicted octanol–water partition coefficient (Wildman–Crippen LogP) is 3.04. The molecule has 0 atom stereocenters.